The zero-order valence-electron chi connectivity index (χ0n) is 10.1. The molecule has 1 saturated carbocycles. The Morgan fingerprint density at radius 1 is 1.33 bits per heavy atom. The normalized spacial score (nSPS) is 16.0. The summed E-state index contributed by atoms with van der Waals surface area (Å²) in [5.74, 6) is -1.16. The summed E-state index contributed by atoms with van der Waals surface area (Å²) in [5.41, 5.74) is 0.976. The summed E-state index contributed by atoms with van der Waals surface area (Å²) in [6.45, 7) is 0.544. The van der Waals surface area contributed by atoms with E-state index in [-0.39, 0.29) is 24.2 Å². The van der Waals surface area contributed by atoms with Crippen LogP contribution in [0.3, 0.4) is 0 Å². The fourth-order valence-corrected chi connectivity index (χ4v) is 1.93. The van der Waals surface area contributed by atoms with Gasteiger partial charge < -0.3 is 10.4 Å². The number of amides is 1. The van der Waals surface area contributed by atoms with Gasteiger partial charge in [-0.3, -0.25) is 14.6 Å². The number of carboxylic acid groups (broad SMARTS) is 1. The molecule has 0 bridgehead atoms. The van der Waals surface area contributed by atoms with Crippen LogP contribution in [-0.2, 0) is 15.0 Å². The summed E-state index contributed by atoms with van der Waals surface area (Å²) in [6, 6.07) is 5.77. The predicted octanol–water partition coefficient (Wildman–Crippen LogP) is 1.09. The zero-order valence-corrected chi connectivity index (χ0v) is 10.1. The number of carbonyl (C=O) groups excluding carboxylic acids is 1. The summed E-state index contributed by atoms with van der Waals surface area (Å²) >= 11 is 0. The lowest BCUT2D eigenvalue weighted by atomic mass is 10.0. The molecule has 0 aliphatic heterocycles. The van der Waals surface area contributed by atoms with E-state index in [1.807, 2.05) is 18.2 Å². The van der Waals surface area contributed by atoms with E-state index in [4.69, 9.17) is 5.11 Å². The molecule has 2 rings (SSSR count). The van der Waals surface area contributed by atoms with Gasteiger partial charge in [0.1, 0.15) is 0 Å². The maximum atomic E-state index is 11.5. The highest BCUT2D eigenvalue weighted by molar-refractivity contribution is 5.80. The van der Waals surface area contributed by atoms with E-state index in [9.17, 15) is 9.59 Å². The van der Waals surface area contributed by atoms with Crippen molar-refractivity contribution in [2.75, 3.05) is 6.54 Å². The van der Waals surface area contributed by atoms with E-state index in [1.54, 1.807) is 6.20 Å². The van der Waals surface area contributed by atoms with Crippen LogP contribution in [0.4, 0.5) is 0 Å². The molecule has 1 fully saturated rings. The second-order valence-electron chi connectivity index (χ2n) is 4.67. The maximum absolute atomic E-state index is 11.5. The number of hydrogen-bond donors (Lipinski definition) is 2. The highest BCUT2D eigenvalue weighted by Crippen LogP contribution is 2.46. The first-order chi connectivity index (χ1) is 8.62. The fraction of sp³-hybridized carbons (Fsp3) is 0.462. The summed E-state index contributed by atoms with van der Waals surface area (Å²) in [4.78, 5) is 26.1. The Kier molecular flexibility index (Phi) is 3.60. The Hall–Kier alpha value is -1.91. The second kappa shape index (κ2) is 5.16. The van der Waals surface area contributed by atoms with Gasteiger partial charge in [-0.15, -0.1) is 0 Å². The van der Waals surface area contributed by atoms with E-state index in [2.05, 4.69) is 10.3 Å². The van der Waals surface area contributed by atoms with Gasteiger partial charge in [0, 0.05) is 30.3 Å². The van der Waals surface area contributed by atoms with Crippen LogP contribution in [0.5, 0.6) is 0 Å². The fourth-order valence-electron chi connectivity index (χ4n) is 1.93. The molecular formula is C13H16N2O3. The summed E-state index contributed by atoms with van der Waals surface area (Å²) < 4.78 is 0. The molecule has 1 aliphatic carbocycles. The first-order valence-corrected chi connectivity index (χ1v) is 6.02. The number of carboxylic acids is 1. The molecule has 18 heavy (non-hydrogen) atoms. The minimum absolute atomic E-state index is 0.0276. The van der Waals surface area contributed by atoms with Gasteiger partial charge in [0.2, 0.25) is 5.91 Å². The molecule has 0 aromatic carbocycles. The van der Waals surface area contributed by atoms with Crippen molar-refractivity contribution in [1.82, 2.24) is 10.3 Å². The van der Waals surface area contributed by atoms with Crippen molar-refractivity contribution in [3.8, 4) is 0 Å². The summed E-state index contributed by atoms with van der Waals surface area (Å²) in [6.07, 6.45) is 3.70. The molecule has 1 aromatic heterocycles. The number of rotatable bonds is 6. The Balaban J connectivity index is 1.83. The average molecular weight is 248 g/mol. The molecule has 0 unspecified atom stereocenters. The molecule has 0 saturated heterocycles. The predicted molar refractivity (Wildman–Crippen MR) is 65.0 cm³/mol. The molecule has 5 heteroatoms. The smallest absolute Gasteiger partial charge is 0.303 e. The second-order valence-corrected chi connectivity index (χ2v) is 4.67. The number of nitrogens with zero attached hydrogens (tertiary/aromatic N) is 1. The Labute approximate surface area is 105 Å². The largest absolute Gasteiger partial charge is 0.481 e. The number of hydrogen-bond acceptors (Lipinski definition) is 3. The number of carbonyl (C=O) groups is 2. The van der Waals surface area contributed by atoms with Crippen molar-refractivity contribution >= 4 is 11.9 Å². The molecular weight excluding hydrogens is 232 g/mol. The lowest BCUT2D eigenvalue weighted by molar-refractivity contribution is -0.138. The lowest BCUT2D eigenvalue weighted by Gasteiger charge is -2.15. The number of pyridine rings is 1. The van der Waals surface area contributed by atoms with Gasteiger partial charge in [-0.2, -0.15) is 0 Å². The van der Waals surface area contributed by atoms with Gasteiger partial charge >= 0.3 is 5.97 Å². The minimum Gasteiger partial charge on any atom is -0.481 e. The Morgan fingerprint density at radius 2 is 2.11 bits per heavy atom. The molecule has 1 aliphatic rings. The van der Waals surface area contributed by atoms with Gasteiger partial charge in [-0.05, 0) is 25.0 Å². The first-order valence-electron chi connectivity index (χ1n) is 6.02. The SMILES string of the molecule is O=C(O)CCC(=O)NCC1(c2ccccn2)CC1. The third-order valence-electron chi connectivity index (χ3n) is 3.25. The topological polar surface area (TPSA) is 79.3 Å². The summed E-state index contributed by atoms with van der Waals surface area (Å²) in [5, 5.41) is 11.3. The molecule has 1 heterocycles. The van der Waals surface area contributed by atoms with E-state index in [0.29, 0.717) is 6.54 Å². The van der Waals surface area contributed by atoms with Crippen LogP contribution in [-0.4, -0.2) is 28.5 Å². The van der Waals surface area contributed by atoms with Gasteiger partial charge in [0.05, 0.1) is 6.42 Å². The third-order valence-corrected chi connectivity index (χ3v) is 3.25. The van der Waals surface area contributed by atoms with E-state index < -0.39 is 5.97 Å². The quantitative estimate of drug-likeness (QED) is 0.790. The van der Waals surface area contributed by atoms with Gasteiger partial charge in [0.25, 0.3) is 0 Å². The third kappa shape index (κ3) is 3.06. The van der Waals surface area contributed by atoms with E-state index in [0.717, 1.165) is 18.5 Å². The lowest BCUT2D eigenvalue weighted by Crippen LogP contribution is -2.32. The average Bonchev–Trinajstić information content (AvgIpc) is 3.16. The van der Waals surface area contributed by atoms with Crippen molar-refractivity contribution in [1.29, 1.82) is 0 Å². The van der Waals surface area contributed by atoms with Gasteiger partial charge in [0.15, 0.2) is 0 Å². The first kappa shape index (κ1) is 12.5. The summed E-state index contributed by atoms with van der Waals surface area (Å²) in [7, 11) is 0. The van der Waals surface area contributed by atoms with Crippen LogP contribution >= 0.6 is 0 Å². The van der Waals surface area contributed by atoms with Crippen LogP contribution in [0.15, 0.2) is 24.4 Å². The Morgan fingerprint density at radius 3 is 2.67 bits per heavy atom. The number of aliphatic carboxylic acids is 1. The van der Waals surface area contributed by atoms with E-state index in [1.165, 1.54) is 0 Å². The van der Waals surface area contributed by atoms with Crippen LogP contribution < -0.4 is 5.32 Å². The molecule has 96 valence electrons. The molecule has 0 spiro atoms. The van der Waals surface area contributed by atoms with Crippen molar-refractivity contribution in [2.45, 2.75) is 31.1 Å². The molecule has 1 amide bonds. The van der Waals surface area contributed by atoms with Crippen LogP contribution in [0.2, 0.25) is 0 Å². The number of aromatic nitrogens is 1. The minimum atomic E-state index is -0.948. The maximum Gasteiger partial charge on any atom is 0.303 e. The number of nitrogens with one attached hydrogen (secondary N) is 1. The van der Waals surface area contributed by atoms with Gasteiger partial charge in [-0.25, -0.2) is 0 Å². The molecule has 0 radical (unpaired) electrons. The molecule has 5 nitrogen and oxygen atoms in total. The van der Waals surface area contributed by atoms with Crippen molar-refractivity contribution in [3.63, 3.8) is 0 Å². The highest BCUT2D eigenvalue weighted by Gasteiger charge is 2.45. The zero-order chi connectivity index (χ0) is 13.0. The van der Waals surface area contributed by atoms with E-state index >= 15 is 0 Å². The van der Waals surface area contributed by atoms with Crippen molar-refractivity contribution in [2.24, 2.45) is 0 Å². The highest BCUT2D eigenvalue weighted by atomic mass is 16.4. The Bertz CT molecular complexity index is 441. The standard InChI is InChI=1S/C13H16N2O3/c16-11(4-5-12(17)18)15-9-13(6-7-13)10-3-1-2-8-14-10/h1-3,8H,4-7,9H2,(H,15,16)(H,17,18). The van der Waals surface area contributed by atoms with Crippen LogP contribution in [0.25, 0.3) is 0 Å². The monoisotopic (exact) mass is 248 g/mol. The van der Waals surface area contributed by atoms with Crippen molar-refractivity contribution < 1.29 is 14.7 Å². The van der Waals surface area contributed by atoms with Crippen LogP contribution in [0.1, 0.15) is 31.4 Å². The molecule has 2 N–H and O–H groups in total. The molecule has 0 atom stereocenters. The van der Waals surface area contributed by atoms with Crippen LogP contribution in [0, 0.1) is 0 Å². The van der Waals surface area contributed by atoms with Crippen molar-refractivity contribution in [3.05, 3.63) is 30.1 Å². The van der Waals surface area contributed by atoms with Gasteiger partial charge in [-0.1, -0.05) is 6.07 Å². The molecule has 1 aromatic rings.